The molecule has 7 heteroatoms. The number of carbonyl (C=O) groups excluding carboxylic acids is 3. The van der Waals surface area contributed by atoms with Gasteiger partial charge in [0.15, 0.2) is 6.10 Å². The molecule has 0 unspecified atom stereocenters. The summed E-state index contributed by atoms with van der Waals surface area (Å²) in [5, 5.41) is 0.726. The van der Waals surface area contributed by atoms with Gasteiger partial charge in [0.2, 0.25) is 5.78 Å². The molecule has 28 heavy (non-hydrogen) atoms. The van der Waals surface area contributed by atoms with Gasteiger partial charge in [-0.1, -0.05) is 18.2 Å². The highest BCUT2D eigenvalue weighted by Crippen LogP contribution is 2.23. The van der Waals surface area contributed by atoms with Gasteiger partial charge in [-0.15, -0.1) is 0 Å². The number of para-hydroxylation sites is 1. The number of Topliss-reactive ketones (excluding diaryl/α,β-unsaturated/α-hetero) is 1. The lowest BCUT2D eigenvalue weighted by Crippen LogP contribution is -2.25. The van der Waals surface area contributed by atoms with Crippen LogP contribution in [0.5, 0.6) is 0 Å². The molecule has 0 saturated carbocycles. The number of aromatic amines is 2. The molecule has 146 valence electrons. The summed E-state index contributed by atoms with van der Waals surface area (Å²) in [6, 6.07) is 7.34. The van der Waals surface area contributed by atoms with E-state index in [4.69, 9.17) is 9.47 Å². The molecule has 0 aliphatic carbocycles. The monoisotopic (exact) mass is 382 g/mol. The van der Waals surface area contributed by atoms with Gasteiger partial charge in [-0.25, -0.2) is 9.59 Å². The fraction of sp³-hybridized carbons (Fsp3) is 0.286. The lowest BCUT2D eigenvalue weighted by Gasteiger charge is -2.12. The lowest BCUT2D eigenvalue weighted by atomic mass is 10.1. The van der Waals surface area contributed by atoms with Crippen LogP contribution in [0.25, 0.3) is 10.9 Å². The average Bonchev–Trinajstić information content (AvgIpc) is 3.22. The summed E-state index contributed by atoms with van der Waals surface area (Å²) in [5.41, 5.74) is 2.76. The van der Waals surface area contributed by atoms with Crippen molar-refractivity contribution in [1.82, 2.24) is 9.97 Å². The third-order valence-electron chi connectivity index (χ3n) is 4.63. The van der Waals surface area contributed by atoms with Crippen molar-refractivity contribution in [3.8, 4) is 0 Å². The predicted octanol–water partition coefficient (Wildman–Crippen LogP) is 3.72. The Hall–Kier alpha value is -3.35. The number of carbonyl (C=O) groups is 3. The van der Waals surface area contributed by atoms with E-state index in [1.165, 1.54) is 6.92 Å². The first-order valence-corrected chi connectivity index (χ1v) is 9.02. The maximum atomic E-state index is 12.8. The number of ether oxygens (including phenoxy) is 2. The molecular formula is C21H22N2O5. The second kappa shape index (κ2) is 7.72. The molecule has 0 bridgehead atoms. The Kier molecular flexibility index (Phi) is 5.35. The minimum absolute atomic E-state index is 0.236. The Morgan fingerprint density at radius 2 is 1.82 bits per heavy atom. The van der Waals surface area contributed by atoms with E-state index in [1.807, 2.05) is 18.2 Å². The van der Waals surface area contributed by atoms with E-state index in [-0.39, 0.29) is 12.3 Å². The van der Waals surface area contributed by atoms with E-state index in [0.717, 1.165) is 10.9 Å². The number of aromatic nitrogens is 2. The number of hydrogen-bond donors (Lipinski definition) is 2. The summed E-state index contributed by atoms with van der Waals surface area (Å²) in [4.78, 5) is 43.4. The smallest absolute Gasteiger partial charge is 0.341 e. The van der Waals surface area contributed by atoms with Crippen LogP contribution in [0.1, 0.15) is 56.3 Å². The maximum absolute atomic E-state index is 12.8. The van der Waals surface area contributed by atoms with Crippen molar-refractivity contribution in [3.63, 3.8) is 0 Å². The number of nitrogens with one attached hydrogen (secondary N) is 2. The molecule has 0 amide bonds. The standard InChI is InChI=1S/C21H22N2O5/c1-5-27-21(26)17-11(2)18(23-12(17)3)19(24)13(4)28-20(25)15-10-22-16-9-7-6-8-14(15)16/h6-10,13,22-23H,5H2,1-4H3/t13-/m0/s1. The molecule has 7 nitrogen and oxygen atoms in total. The highest BCUT2D eigenvalue weighted by atomic mass is 16.5. The zero-order valence-corrected chi connectivity index (χ0v) is 16.2. The molecular weight excluding hydrogens is 360 g/mol. The van der Waals surface area contributed by atoms with Gasteiger partial charge in [0.05, 0.1) is 23.4 Å². The van der Waals surface area contributed by atoms with Gasteiger partial charge in [-0.3, -0.25) is 4.79 Å². The van der Waals surface area contributed by atoms with E-state index in [0.29, 0.717) is 22.4 Å². The van der Waals surface area contributed by atoms with Crippen LogP contribution in [0.2, 0.25) is 0 Å². The zero-order chi connectivity index (χ0) is 20.4. The van der Waals surface area contributed by atoms with E-state index < -0.39 is 23.8 Å². The minimum atomic E-state index is -1.02. The fourth-order valence-corrected chi connectivity index (χ4v) is 3.23. The first-order valence-electron chi connectivity index (χ1n) is 9.02. The first-order chi connectivity index (χ1) is 13.3. The summed E-state index contributed by atoms with van der Waals surface area (Å²) in [7, 11) is 0. The SMILES string of the molecule is CCOC(=O)c1c(C)[nH]c(C(=O)[C@H](C)OC(=O)c2c[nH]c3ccccc23)c1C. The summed E-state index contributed by atoms with van der Waals surface area (Å²) in [5.74, 6) is -1.49. The molecule has 1 aromatic carbocycles. The summed E-state index contributed by atoms with van der Waals surface area (Å²) >= 11 is 0. The molecule has 0 aliphatic heterocycles. The topological polar surface area (TPSA) is 101 Å². The zero-order valence-electron chi connectivity index (χ0n) is 16.2. The van der Waals surface area contributed by atoms with Crippen molar-refractivity contribution >= 4 is 28.6 Å². The van der Waals surface area contributed by atoms with Crippen molar-refractivity contribution in [3.05, 3.63) is 58.5 Å². The van der Waals surface area contributed by atoms with Gasteiger partial charge in [-0.05, 0) is 39.3 Å². The van der Waals surface area contributed by atoms with Crippen LogP contribution in [-0.2, 0) is 9.47 Å². The molecule has 0 spiro atoms. The second-order valence-electron chi connectivity index (χ2n) is 6.51. The number of aryl methyl sites for hydroxylation is 1. The number of H-pyrrole nitrogens is 2. The number of hydrogen-bond acceptors (Lipinski definition) is 5. The van der Waals surface area contributed by atoms with Crippen LogP contribution in [0.3, 0.4) is 0 Å². The molecule has 0 fully saturated rings. The molecule has 2 aromatic heterocycles. The average molecular weight is 382 g/mol. The van der Waals surface area contributed by atoms with Gasteiger partial charge < -0.3 is 19.4 Å². The number of ketones is 1. The van der Waals surface area contributed by atoms with Crippen LogP contribution in [-0.4, -0.2) is 40.4 Å². The molecule has 2 heterocycles. The van der Waals surface area contributed by atoms with Crippen molar-refractivity contribution in [2.24, 2.45) is 0 Å². The fourth-order valence-electron chi connectivity index (χ4n) is 3.23. The Labute approximate surface area is 162 Å². The van der Waals surface area contributed by atoms with Crippen LogP contribution in [0.15, 0.2) is 30.5 Å². The van der Waals surface area contributed by atoms with Gasteiger partial charge in [0, 0.05) is 22.8 Å². The summed E-state index contributed by atoms with van der Waals surface area (Å²) < 4.78 is 10.4. The van der Waals surface area contributed by atoms with Crippen molar-refractivity contribution in [1.29, 1.82) is 0 Å². The molecule has 3 rings (SSSR count). The van der Waals surface area contributed by atoms with Gasteiger partial charge in [-0.2, -0.15) is 0 Å². The summed E-state index contributed by atoms with van der Waals surface area (Å²) in [6.07, 6.45) is 0.542. The van der Waals surface area contributed by atoms with E-state index in [2.05, 4.69) is 9.97 Å². The third-order valence-corrected chi connectivity index (χ3v) is 4.63. The van der Waals surface area contributed by atoms with Crippen LogP contribution in [0.4, 0.5) is 0 Å². The van der Waals surface area contributed by atoms with E-state index >= 15 is 0 Å². The quantitative estimate of drug-likeness (QED) is 0.500. The Balaban J connectivity index is 1.80. The van der Waals surface area contributed by atoms with E-state index in [1.54, 1.807) is 33.0 Å². The highest BCUT2D eigenvalue weighted by molar-refractivity contribution is 6.07. The Morgan fingerprint density at radius 1 is 1.11 bits per heavy atom. The summed E-state index contributed by atoms with van der Waals surface area (Å²) in [6.45, 7) is 6.82. The second-order valence-corrected chi connectivity index (χ2v) is 6.51. The third kappa shape index (κ3) is 3.43. The molecule has 0 radical (unpaired) electrons. The van der Waals surface area contributed by atoms with Crippen molar-refractivity contribution in [2.45, 2.75) is 33.8 Å². The van der Waals surface area contributed by atoms with Gasteiger partial charge >= 0.3 is 11.9 Å². The number of esters is 2. The Morgan fingerprint density at radius 3 is 2.54 bits per heavy atom. The molecule has 1 atom stereocenters. The first kappa shape index (κ1) is 19.4. The van der Waals surface area contributed by atoms with Gasteiger partial charge in [0.1, 0.15) is 0 Å². The predicted molar refractivity (Wildman–Crippen MR) is 104 cm³/mol. The largest absolute Gasteiger partial charge is 0.462 e. The normalized spacial score (nSPS) is 12.0. The van der Waals surface area contributed by atoms with Crippen LogP contribution < -0.4 is 0 Å². The number of fused-ring (bicyclic) bond motifs is 1. The molecule has 0 saturated heterocycles. The van der Waals surface area contributed by atoms with Crippen molar-refractivity contribution < 1.29 is 23.9 Å². The van der Waals surface area contributed by atoms with Crippen molar-refractivity contribution in [2.75, 3.05) is 6.61 Å². The lowest BCUT2D eigenvalue weighted by molar-refractivity contribution is 0.0318. The van der Waals surface area contributed by atoms with E-state index in [9.17, 15) is 14.4 Å². The minimum Gasteiger partial charge on any atom is -0.462 e. The molecule has 0 aliphatic rings. The van der Waals surface area contributed by atoms with Crippen LogP contribution in [0, 0.1) is 13.8 Å². The molecule has 3 aromatic rings. The van der Waals surface area contributed by atoms with Crippen LogP contribution >= 0.6 is 0 Å². The number of rotatable bonds is 6. The molecule has 2 N–H and O–H groups in total. The number of benzene rings is 1. The van der Waals surface area contributed by atoms with Gasteiger partial charge in [0.25, 0.3) is 0 Å². The Bertz CT molecular complexity index is 1060. The maximum Gasteiger partial charge on any atom is 0.341 e. The highest BCUT2D eigenvalue weighted by Gasteiger charge is 2.28.